The Balaban J connectivity index is 2.44. The van der Waals surface area contributed by atoms with E-state index in [-0.39, 0.29) is 5.84 Å². The zero-order valence-corrected chi connectivity index (χ0v) is 12.4. The van der Waals surface area contributed by atoms with Gasteiger partial charge in [0.15, 0.2) is 0 Å². The van der Waals surface area contributed by atoms with E-state index in [1.807, 2.05) is 24.1 Å². The highest BCUT2D eigenvalue weighted by molar-refractivity contribution is 6.34. The van der Waals surface area contributed by atoms with Gasteiger partial charge in [-0.25, -0.2) is 0 Å². The molecule has 0 aromatic heterocycles. The lowest BCUT2D eigenvalue weighted by Crippen LogP contribution is -2.19. The molecule has 0 saturated heterocycles. The summed E-state index contributed by atoms with van der Waals surface area (Å²) in [6.07, 6.45) is 1.01. The van der Waals surface area contributed by atoms with Crippen LogP contribution in [0.2, 0.25) is 5.02 Å². The summed E-state index contributed by atoms with van der Waals surface area (Å²) in [5.74, 6) is -0.0253. The van der Waals surface area contributed by atoms with Crippen LogP contribution in [0.5, 0.6) is 0 Å². The summed E-state index contributed by atoms with van der Waals surface area (Å²) in [6, 6.07) is 13.8. The number of rotatable bonds is 4. The summed E-state index contributed by atoms with van der Waals surface area (Å²) in [5.41, 5.74) is 9.37. The van der Waals surface area contributed by atoms with Crippen LogP contribution >= 0.6 is 11.6 Å². The van der Waals surface area contributed by atoms with Crippen molar-refractivity contribution in [1.29, 1.82) is 5.41 Å². The molecule has 0 atom stereocenters. The first kappa shape index (κ1) is 14.4. The molecule has 3 N–H and O–H groups in total. The molecule has 0 fully saturated rings. The maximum absolute atomic E-state index is 7.70. The van der Waals surface area contributed by atoms with E-state index in [0.29, 0.717) is 10.6 Å². The van der Waals surface area contributed by atoms with Gasteiger partial charge in [0.25, 0.3) is 0 Å². The Kier molecular flexibility index (Phi) is 4.30. The summed E-state index contributed by atoms with van der Waals surface area (Å²) in [6.45, 7) is 2.13. The zero-order valence-electron chi connectivity index (χ0n) is 11.7. The van der Waals surface area contributed by atoms with Crippen molar-refractivity contribution in [3.8, 4) is 0 Å². The highest BCUT2D eigenvalue weighted by Crippen LogP contribution is 2.31. The van der Waals surface area contributed by atoms with E-state index in [0.717, 1.165) is 17.8 Å². The van der Waals surface area contributed by atoms with Crippen LogP contribution in [0.1, 0.15) is 18.1 Å². The molecule has 0 aliphatic carbocycles. The minimum absolute atomic E-state index is 0.0253. The third-order valence-electron chi connectivity index (χ3n) is 3.35. The van der Waals surface area contributed by atoms with Crippen LogP contribution in [0.4, 0.5) is 11.4 Å². The number of benzene rings is 2. The Bertz CT molecular complexity index is 620. The number of amidine groups is 1. The lowest BCUT2D eigenvalue weighted by molar-refractivity contribution is 1.13. The molecule has 104 valence electrons. The molecule has 0 aliphatic rings. The van der Waals surface area contributed by atoms with Crippen LogP contribution in [0.15, 0.2) is 42.5 Å². The first-order chi connectivity index (χ1) is 9.54. The van der Waals surface area contributed by atoms with Gasteiger partial charge in [0.1, 0.15) is 5.84 Å². The summed E-state index contributed by atoms with van der Waals surface area (Å²) in [4.78, 5) is 1.99. The van der Waals surface area contributed by atoms with Crippen molar-refractivity contribution in [2.75, 3.05) is 11.9 Å². The molecule has 2 aromatic rings. The summed E-state index contributed by atoms with van der Waals surface area (Å²) >= 11 is 6.16. The fourth-order valence-corrected chi connectivity index (χ4v) is 2.42. The second-order valence-corrected chi connectivity index (χ2v) is 5.03. The predicted octanol–water partition coefficient (Wildman–Crippen LogP) is 3.95. The monoisotopic (exact) mass is 287 g/mol. The number of nitrogen functional groups attached to an aromatic ring is 1. The quantitative estimate of drug-likeness (QED) is 0.661. The van der Waals surface area contributed by atoms with Crippen molar-refractivity contribution >= 4 is 28.8 Å². The molecule has 2 aromatic carbocycles. The molecule has 0 heterocycles. The van der Waals surface area contributed by atoms with Crippen LogP contribution in [0, 0.1) is 5.41 Å². The van der Waals surface area contributed by atoms with Gasteiger partial charge in [-0.2, -0.15) is 0 Å². The second-order valence-electron chi connectivity index (χ2n) is 4.63. The molecular formula is C16H18ClN3. The Morgan fingerprint density at radius 1 is 1.20 bits per heavy atom. The van der Waals surface area contributed by atoms with Crippen molar-refractivity contribution in [2.45, 2.75) is 13.3 Å². The van der Waals surface area contributed by atoms with Gasteiger partial charge in [-0.05, 0) is 36.2 Å². The Labute approximate surface area is 124 Å². The van der Waals surface area contributed by atoms with Gasteiger partial charge in [-0.3, -0.25) is 5.41 Å². The number of nitrogens with one attached hydrogen (secondary N) is 1. The molecule has 20 heavy (non-hydrogen) atoms. The maximum Gasteiger partial charge on any atom is 0.126 e. The number of hydrogen-bond acceptors (Lipinski definition) is 2. The molecule has 0 amide bonds. The highest BCUT2D eigenvalue weighted by atomic mass is 35.5. The maximum atomic E-state index is 7.70. The van der Waals surface area contributed by atoms with Gasteiger partial charge in [-0.1, -0.05) is 36.7 Å². The van der Waals surface area contributed by atoms with Crippen LogP contribution in [-0.4, -0.2) is 12.9 Å². The Morgan fingerprint density at radius 3 is 2.40 bits per heavy atom. The van der Waals surface area contributed by atoms with Crippen molar-refractivity contribution in [2.24, 2.45) is 5.73 Å². The van der Waals surface area contributed by atoms with Crippen molar-refractivity contribution in [3.63, 3.8) is 0 Å². The minimum atomic E-state index is -0.0253. The molecule has 0 radical (unpaired) electrons. The largest absolute Gasteiger partial charge is 0.384 e. The predicted molar refractivity (Wildman–Crippen MR) is 86.4 cm³/mol. The van der Waals surface area contributed by atoms with E-state index in [9.17, 15) is 0 Å². The second kappa shape index (κ2) is 5.97. The van der Waals surface area contributed by atoms with Crippen molar-refractivity contribution in [1.82, 2.24) is 0 Å². The third kappa shape index (κ3) is 2.78. The number of halogens is 1. The number of aryl methyl sites for hydroxylation is 1. The molecule has 0 saturated carbocycles. The number of nitrogens with two attached hydrogens (primary N) is 1. The Hall–Kier alpha value is -2.00. The summed E-state index contributed by atoms with van der Waals surface area (Å²) in [7, 11) is 1.94. The number of nitrogens with zero attached hydrogens (tertiary/aromatic N) is 1. The van der Waals surface area contributed by atoms with Crippen LogP contribution in [0.25, 0.3) is 0 Å². The normalized spacial score (nSPS) is 10.3. The van der Waals surface area contributed by atoms with Crippen LogP contribution in [-0.2, 0) is 6.42 Å². The van der Waals surface area contributed by atoms with E-state index >= 15 is 0 Å². The molecule has 2 rings (SSSR count). The summed E-state index contributed by atoms with van der Waals surface area (Å²) < 4.78 is 0. The molecular weight excluding hydrogens is 270 g/mol. The third-order valence-corrected chi connectivity index (χ3v) is 3.67. The molecule has 0 bridgehead atoms. The van der Waals surface area contributed by atoms with Gasteiger partial charge in [0.2, 0.25) is 0 Å². The topological polar surface area (TPSA) is 53.1 Å². The molecule has 0 aliphatic heterocycles. The van der Waals surface area contributed by atoms with E-state index in [1.165, 1.54) is 5.56 Å². The van der Waals surface area contributed by atoms with E-state index in [4.69, 9.17) is 22.7 Å². The van der Waals surface area contributed by atoms with E-state index < -0.39 is 0 Å². The smallest absolute Gasteiger partial charge is 0.126 e. The zero-order chi connectivity index (χ0) is 14.7. The van der Waals surface area contributed by atoms with Crippen molar-refractivity contribution in [3.05, 3.63) is 58.6 Å². The first-order valence-corrected chi connectivity index (χ1v) is 6.88. The molecule has 4 heteroatoms. The standard InChI is InChI=1S/C16H18ClN3/c1-3-11-7-9-12(10-8-11)20(2)14-6-4-5-13(17)15(14)16(18)19/h4-10H,3H2,1-2H3,(H3,18,19). The van der Waals surface area contributed by atoms with Crippen LogP contribution < -0.4 is 10.6 Å². The average molecular weight is 288 g/mol. The van der Waals surface area contributed by atoms with Gasteiger partial charge in [0.05, 0.1) is 16.3 Å². The van der Waals surface area contributed by atoms with Gasteiger partial charge < -0.3 is 10.6 Å². The van der Waals surface area contributed by atoms with Crippen molar-refractivity contribution < 1.29 is 0 Å². The lowest BCUT2D eigenvalue weighted by atomic mass is 10.1. The molecule has 3 nitrogen and oxygen atoms in total. The molecule has 0 unspecified atom stereocenters. The Morgan fingerprint density at radius 2 is 1.85 bits per heavy atom. The van der Waals surface area contributed by atoms with Gasteiger partial charge >= 0.3 is 0 Å². The van der Waals surface area contributed by atoms with Gasteiger partial charge in [-0.15, -0.1) is 0 Å². The van der Waals surface area contributed by atoms with E-state index in [1.54, 1.807) is 6.07 Å². The average Bonchev–Trinajstić information content (AvgIpc) is 2.46. The van der Waals surface area contributed by atoms with Crippen LogP contribution in [0.3, 0.4) is 0 Å². The van der Waals surface area contributed by atoms with E-state index in [2.05, 4.69) is 31.2 Å². The summed E-state index contributed by atoms with van der Waals surface area (Å²) in [5, 5.41) is 8.20. The lowest BCUT2D eigenvalue weighted by Gasteiger charge is -2.23. The van der Waals surface area contributed by atoms with Gasteiger partial charge in [0, 0.05) is 12.7 Å². The molecule has 0 spiro atoms. The number of hydrogen-bond donors (Lipinski definition) is 2. The number of anilines is 2. The fraction of sp³-hybridized carbons (Fsp3) is 0.188. The first-order valence-electron chi connectivity index (χ1n) is 6.50. The minimum Gasteiger partial charge on any atom is -0.384 e. The fourth-order valence-electron chi connectivity index (χ4n) is 2.15. The SMILES string of the molecule is CCc1ccc(N(C)c2cccc(Cl)c2C(=N)N)cc1. The highest BCUT2D eigenvalue weighted by Gasteiger charge is 2.14.